The standard InChI is InChI=1S/C12H10FN5O.C2H6/c1-18-12-9(11(14)15-5-16-12)10(17-18)6-2-3-7(13)8(19)4-6;1-2/h2-5,19H,1H3,(H2,14,15,16);1-2H3. The Hall–Kier alpha value is -2.70. The highest BCUT2D eigenvalue weighted by Gasteiger charge is 2.16. The fourth-order valence-electron chi connectivity index (χ4n) is 1.97. The smallest absolute Gasteiger partial charge is 0.164 e. The Kier molecular flexibility index (Phi) is 4.02. The summed E-state index contributed by atoms with van der Waals surface area (Å²) >= 11 is 0. The molecule has 3 aromatic rings. The lowest BCUT2D eigenvalue weighted by Crippen LogP contribution is -1.95. The number of nitrogen functional groups attached to an aromatic ring is 1. The monoisotopic (exact) mass is 289 g/mol. The highest BCUT2D eigenvalue weighted by atomic mass is 19.1. The molecule has 1 aromatic carbocycles. The number of hydrogen-bond acceptors (Lipinski definition) is 5. The van der Waals surface area contributed by atoms with E-state index in [1.54, 1.807) is 11.7 Å². The first-order chi connectivity index (χ1) is 10.1. The minimum absolute atomic E-state index is 0.289. The van der Waals surface area contributed by atoms with E-state index in [0.717, 1.165) is 0 Å². The molecular weight excluding hydrogens is 273 g/mol. The summed E-state index contributed by atoms with van der Waals surface area (Å²) in [4.78, 5) is 8.02. The Morgan fingerprint density at radius 2 is 1.95 bits per heavy atom. The molecule has 6 nitrogen and oxygen atoms in total. The fourth-order valence-corrected chi connectivity index (χ4v) is 1.97. The van der Waals surface area contributed by atoms with Crippen LogP contribution in [0.4, 0.5) is 10.2 Å². The van der Waals surface area contributed by atoms with Crippen molar-refractivity contribution in [2.75, 3.05) is 5.73 Å². The van der Waals surface area contributed by atoms with Crippen LogP contribution in [-0.4, -0.2) is 24.9 Å². The van der Waals surface area contributed by atoms with E-state index in [0.29, 0.717) is 22.3 Å². The third-order valence-electron chi connectivity index (χ3n) is 2.87. The van der Waals surface area contributed by atoms with Crippen molar-refractivity contribution in [3.8, 4) is 17.0 Å². The van der Waals surface area contributed by atoms with Gasteiger partial charge in [-0.25, -0.2) is 19.0 Å². The second kappa shape index (κ2) is 5.74. The fraction of sp³-hybridized carbons (Fsp3) is 0.214. The molecule has 0 radical (unpaired) electrons. The van der Waals surface area contributed by atoms with Gasteiger partial charge in [0.25, 0.3) is 0 Å². The number of aromatic hydroxyl groups is 1. The predicted molar refractivity (Wildman–Crippen MR) is 79.1 cm³/mol. The van der Waals surface area contributed by atoms with Gasteiger partial charge in [0.15, 0.2) is 17.2 Å². The van der Waals surface area contributed by atoms with Gasteiger partial charge in [0.1, 0.15) is 17.8 Å². The zero-order valence-electron chi connectivity index (χ0n) is 12.0. The van der Waals surface area contributed by atoms with Gasteiger partial charge in [0.2, 0.25) is 0 Å². The van der Waals surface area contributed by atoms with Crippen molar-refractivity contribution in [3.05, 3.63) is 30.3 Å². The lowest BCUT2D eigenvalue weighted by atomic mass is 10.1. The van der Waals surface area contributed by atoms with E-state index in [4.69, 9.17) is 5.73 Å². The Morgan fingerprint density at radius 1 is 1.24 bits per heavy atom. The van der Waals surface area contributed by atoms with Crippen molar-refractivity contribution in [2.24, 2.45) is 7.05 Å². The van der Waals surface area contributed by atoms with E-state index >= 15 is 0 Å². The molecule has 7 heteroatoms. The van der Waals surface area contributed by atoms with Crippen LogP contribution in [0.15, 0.2) is 24.5 Å². The van der Waals surface area contributed by atoms with E-state index < -0.39 is 11.6 Å². The first-order valence-electron chi connectivity index (χ1n) is 6.50. The van der Waals surface area contributed by atoms with Crippen LogP contribution in [0.25, 0.3) is 22.3 Å². The van der Waals surface area contributed by atoms with Gasteiger partial charge in [-0.1, -0.05) is 13.8 Å². The molecule has 0 saturated carbocycles. The molecule has 0 spiro atoms. The van der Waals surface area contributed by atoms with Crippen molar-refractivity contribution in [3.63, 3.8) is 0 Å². The predicted octanol–water partition coefficient (Wildman–Crippen LogP) is 2.48. The number of phenolic OH excluding ortho intramolecular Hbond substituents is 1. The Balaban J connectivity index is 0.000000774. The minimum atomic E-state index is -0.687. The van der Waals surface area contributed by atoms with Crippen molar-refractivity contribution in [1.29, 1.82) is 0 Å². The number of nitrogens with zero attached hydrogens (tertiary/aromatic N) is 4. The molecular formula is C14H16FN5O. The van der Waals surface area contributed by atoms with E-state index in [9.17, 15) is 9.50 Å². The molecule has 0 aliphatic heterocycles. The number of hydrogen-bond donors (Lipinski definition) is 2. The van der Waals surface area contributed by atoms with Gasteiger partial charge in [-0.05, 0) is 18.2 Å². The molecule has 0 saturated heterocycles. The number of halogens is 1. The van der Waals surface area contributed by atoms with Crippen LogP contribution < -0.4 is 5.73 Å². The number of anilines is 1. The summed E-state index contributed by atoms with van der Waals surface area (Å²) < 4.78 is 14.6. The average molecular weight is 289 g/mol. The molecule has 2 heterocycles. The summed E-state index contributed by atoms with van der Waals surface area (Å²) in [6, 6.07) is 3.98. The molecule has 3 rings (SSSR count). The van der Waals surface area contributed by atoms with E-state index in [-0.39, 0.29) is 5.82 Å². The molecule has 0 bridgehead atoms. The van der Waals surface area contributed by atoms with Gasteiger partial charge >= 0.3 is 0 Å². The summed E-state index contributed by atoms with van der Waals surface area (Å²) in [5.41, 5.74) is 7.46. The Labute approximate surface area is 121 Å². The number of benzene rings is 1. The van der Waals surface area contributed by atoms with Gasteiger partial charge in [-0.3, -0.25) is 0 Å². The normalized spacial score (nSPS) is 10.3. The molecule has 2 aromatic heterocycles. The molecule has 0 aliphatic rings. The second-order valence-corrected chi connectivity index (χ2v) is 4.10. The third-order valence-corrected chi connectivity index (χ3v) is 2.87. The summed E-state index contributed by atoms with van der Waals surface area (Å²) in [5.74, 6) is -0.836. The molecule has 110 valence electrons. The molecule has 0 amide bonds. The van der Waals surface area contributed by atoms with Crippen LogP contribution >= 0.6 is 0 Å². The maximum atomic E-state index is 13.1. The summed E-state index contributed by atoms with van der Waals surface area (Å²) in [5, 5.41) is 14.3. The first-order valence-corrected chi connectivity index (χ1v) is 6.50. The van der Waals surface area contributed by atoms with Crippen molar-refractivity contribution < 1.29 is 9.50 Å². The second-order valence-electron chi connectivity index (χ2n) is 4.10. The average Bonchev–Trinajstić information content (AvgIpc) is 2.83. The largest absolute Gasteiger partial charge is 0.505 e. The number of rotatable bonds is 1. The lowest BCUT2D eigenvalue weighted by Gasteiger charge is -2.01. The van der Waals surface area contributed by atoms with Crippen molar-refractivity contribution in [1.82, 2.24) is 19.7 Å². The van der Waals surface area contributed by atoms with Crippen LogP contribution in [0.1, 0.15) is 13.8 Å². The van der Waals surface area contributed by atoms with Crippen LogP contribution in [0.3, 0.4) is 0 Å². The highest BCUT2D eigenvalue weighted by Crippen LogP contribution is 2.31. The van der Waals surface area contributed by atoms with E-state index in [2.05, 4.69) is 15.1 Å². The third kappa shape index (κ3) is 2.49. The van der Waals surface area contributed by atoms with Gasteiger partial charge in [-0.15, -0.1) is 0 Å². The molecule has 0 fully saturated rings. The van der Waals surface area contributed by atoms with Crippen molar-refractivity contribution >= 4 is 16.9 Å². The summed E-state index contributed by atoms with van der Waals surface area (Å²) in [7, 11) is 1.72. The number of phenols is 1. The summed E-state index contributed by atoms with van der Waals surface area (Å²) in [6.07, 6.45) is 1.35. The van der Waals surface area contributed by atoms with Crippen LogP contribution in [-0.2, 0) is 7.05 Å². The number of aromatic nitrogens is 4. The van der Waals surface area contributed by atoms with Crippen LogP contribution in [0.5, 0.6) is 5.75 Å². The topological polar surface area (TPSA) is 89.8 Å². The maximum Gasteiger partial charge on any atom is 0.164 e. The minimum Gasteiger partial charge on any atom is -0.505 e. The number of aryl methyl sites for hydroxylation is 1. The molecule has 21 heavy (non-hydrogen) atoms. The van der Waals surface area contributed by atoms with Gasteiger partial charge < -0.3 is 10.8 Å². The summed E-state index contributed by atoms with van der Waals surface area (Å²) in [6.45, 7) is 4.00. The first kappa shape index (κ1) is 14.7. The highest BCUT2D eigenvalue weighted by molar-refractivity contribution is 5.98. The van der Waals surface area contributed by atoms with Gasteiger partial charge in [0.05, 0.1) is 5.39 Å². The van der Waals surface area contributed by atoms with Crippen LogP contribution in [0.2, 0.25) is 0 Å². The molecule has 0 atom stereocenters. The van der Waals surface area contributed by atoms with Crippen LogP contribution in [0, 0.1) is 5.82 Å². The lowest BCUT2D eigenvalue weighted by molar-refractivity contribution is 0.432. The van der Waals surface area contributed by atoms with Gasteiger partial charge in [0, 0.05) is 12.6 Å². The number of nitrogens with two attached hydrogens (primary N) is 1. The quantitative estimate of drug-likeness (QED) is 0.718. The van der Waals surface area contributed by atoms with E-state index in [1.165, 1.54) is 24.5 Å². The molecule has 3 N–H and O–H groups in total. The van der Waals surface area contributed by atoms with E-state index in [1.807, 2.05) is 13.8 Å². The zero-order valence-corrected chi connectivity index (χ0v) is 12.0. The number of fused-ring (bicyclic) bond motifs is 1. The Morgan fingerprint density at radius 3 is 2.62 bits per heavy atom. The van der Waals surface area contributed by atoms with Crippen molar-refractivity contribution in [2.45, 2.75) is 13.8 Å². The molecule has 0 aliphatic carbocycles. The zero-order chi connectivity index (χ0) is 15.6. The van der Waals surface area contributed by atoms with Gasteiger partial charge in [-0.2, -0.15) is 5.10 Å². The Bertz CT molecular complexity index is 784. The maximum absolute atomic E-state index is 13.1. The molecule has 0 unspecified atom stereocenters. The SMILES string of the molecule is CC.Cn1nc(-c2ccc(F)c(O)c2)c2c(N)ncnc21.